The van der Waals surface area contributed by atoms with E-state index >= 15 is 0 Å². The molecular formula is C23H29N5O5S. The third kappa shape index (κ3) is 5.16. The van der Waals surface area contributed by atoms with Gasteiger partial charge in [-0.25, -0.2) is 8.42 Å². The molecule has 0 spiro atoms. The Balaban J connectivity index is 1.61. The summed E-state index contributed by atoms with van der Waals surface area (Å²) in [6, 6.07) is 9.97. The van der Waals surface area contributed by atoms with E-state index in [4.69, 9.17) is 9.15 Å². The van der Waals surface area contributed by atoms with Gasteiger partial charge in [-0.05, 0) is 50.2 Å². The zero-order valence-corrected chi connectivity index (χ0v) is 20.1. The predicted octanol–water partition coefficient (Wildman–Crippen LogP) is 2.64. The molecule has 11 heteroatoms. The summed E-state index contributed by atoms with van der Waals surface area (Å²) in [6.45, 7) is 7.12. The minimum atomic E-state index is -3.72. The maximum absolute atomic E-state index is 13.2. The monoisotopic (exact) mass is 487 g/mol. The second-order valence-corrected chi connectivity index (χ2v) is 9.73. The van der Waals surface area contributed by atoms with Crippen molar-refractivity contribution in [3.8, 4) is 0 Å². The minimum Gasteiger partial charge on any atom is -0.454 e. The maximum atomic E-state index is 13.2. The Morgan fingerprint density at radius 3 is 2.59 bits per heavy atom. The quantitative estimate of drug-likeness (QED) is 0.494. The van der Waals surface area contributed by atoms with Crippen LogP contribution in [0.1, 0.15) is 30.2 Å². The molecule has 1 amide bonds. The van der Waals surface area contributed by atoms with E-state index in [-0.39, 0.29) is 10.7 Å². The second-order valence-electron chi connectivity index (χ2n) is 7.79. The molecule has 1 fully saturated rings. The fraction of sp³-hybridized carbons (Fsp3) is 0.391. The number of carbonyl (C=O) groups is 1. The minimum absolute atomic E-state index is 0.124. The Hall–Kier alpha value is -3.15. The van der Waals surface area contributed by atoms with E-state index in [1.807, 2.05) is 24.8 Å². The van der Waals surface area contributed by atoms with Gasteiger partial charge >= 0.3 is 0 Å². The Labute approximate surface area is 199 Å². The van der Waals surface area contributed by atoms with Gasteiger partial charge in [0.1, 0.15) is 5.76 Å². The van der Waals surface area contributed by atoms with Crippen molar-refractivity contribution in [1.29, 1.82) is 0 Å². The molecule has 0 atom stereocenters. The zero-order chi connectivity index (χ0) is 24.1. The summed E-state index contributed by atoms with van der Waals surface area (Å²) in [5, 5.41) is 7.00. The number of sulfonamides is 1. The molecule has 3 aromatic rings. The smallest absolute Gasteiger partial charge is 0.291 e. The number of rotatable bonds is 9. The molecule has 0 radical (unpaired) electrons. The summed E-state index contributed by atoms with van der Waals surface area (Å²) in [6.07, 6.45) is 3.47. The summed E-state index contributed by atoms with van der Waals surface area (Å²) < 4.78 is 40.5. The SMILES string of the molecule is CCN(CC)c1ccc(S(=O)(=O)N2CCOCC2)cc1NC(=O)c1ccc(Cn2cccn2)o1. The number of amides is 1. The molecule has 2 aromatic heterocycles. The van der Waals surface area contributed by atoms with Crippen LogP contribution in [-0.4, -0.2) is 67.8 Å². The number of hydrogen-bond donors (Lipinski definition) is 1. The van der Waals surface area contributed by atoms with Crippen molar-refractivity contribution in [1.82, 2.24) is 14.1 Å². The van der Waals surface area contributed by atoms with Gasteiger partial charge in [-0.3, -0.25) is 9.48 Å². The van der Waals surface area contributed by atoms with E-state index < -0.39 is 15.9 Å². The van der Waals surface area contributed by atoms with Gasteiger partial charge < -0.3 is 19.4 Å². The molecular weight excluding hydrogens is 458 g/mol. The Kier molecular flexibility index (Phi) is 7.35. The highest BCUT2D eigenvalue weighted by molar-refractivity contribution is 7.89. The average Bonchev–Trinajstić information content (AvgIpc) is 3.54. The van der Waals surface area contributed by atoms with Crippen molar-refractivity contribution in [2.24, 2.45) is 0 Å². The molecule has 1 aliphatic heterocycles. The van der Waals surface area contributed by atoms with Gasteiger partial charge in [0.15, 0.2) is 5.76 Å². The topological polar surface area (TPSA) is 110 Å². The van der Waals surface area contributed by atoms with Crippen molar-refractivity contribution < 1.29 is 22.4 Å². The fourth-order valence-electron chi connectivity index (χ4n) is 3.87. The van der Waals surface area contributed by atoms with Gasteiger partial charge in [-0.15, -0.1) is 0 Å². The summed E-state index contributed by atoms with van der Waals surface area (Å²) in [5.41, 5.74) is 1.15. The first kappa shape index (κ1) is 24.0. The van der Waals surface area contributed by atoms with Crippen LogP contribution in [0.4, 0.5) is 11.4 Å². The Bertz CT molecular complexity index is 1210. The third-order valence-corrected chi connectivity index (χ3v) is 7.59. The average molecular weight is 488 g/mol. The van der Waals surface area contributed by atoms with Gasteiger partial charge in [0.25, 0.3) is 5.91 Å². The van der Waals surface area contributed by atoms with Gasteiger partial charge in [0.05, 0.1) is 36.0 Å². The fourth-order valence-corrected chi connectivity index (χ4v) is 5.31. The van der Waals surface area contributed by atoms with Crippen LogP contribution in [0.3, 0.4) is 0 Å². The molecule has 0 unspecified atom stereocenters. The van der Waals surface area contributed by atoms with E-state index in [9.17, 15) is 13.2 Å². The molecule has 1 saturated heterocycles. The molecule has 1 aromatic carbocycles. The summed E-state index contributed by atoms with van der Waals surface area (Å²) in [4.78, 5) is 15.2. The molecule has 0 aliphatic carbocycles. The maximum Gasteiger partial charge on any atom is 0.291 e. The van der Waals surface area contributed by atoms with Crippen molar-refractivity contribution in [3.05, 3.63) is 60.3 Å². The molecule has 1 N–H and O–H groups in total. The number of anilines is 2. The van der Waals surface area contributed by atoms with Crippen LogP contribution in [0.2, 0.25) is 0 Å². The second kappa shape index (κ2) is 10.4. The number of carbonyl (C=O) groups excluding carboxylic acids is 1. The lowest BCUT2D eigenvalue weighted by atomic mass is 10.2. The first-order valence-electron chi connectivity index (χ1n) is 11.3. The van der Waals surface area contributed by atoms with E-state index in [2.05, 4.69) is 10.4 Å². The van der Waals surface area contributed by atoms with Crippen molar-refractivity contribution in [2.75, 3.05) is 49.6 Å². The number of aromatic nitrogens is 2. The normalized spacial score (nSPS) is 14.8. The highest BCUT2D eigenvalue weighted by Gasteiger charge is 2.28. The van der Waals surface area contributed by atoms with Crippen LogP contribution >= 0.6 is 0 Å². The largest absolute Gasteiger partial charge is 0.454 e. The Morgan fingerprint density at radius 2 is 1.91 bits per heavy atom. The molecule has 0 bridgehead atoms. The first-order valence-corrected chi connectivity index (χ1v) is 12.7. The summed E-state index contributed by atoms with van der Waals surface area (Å²) >= 11 is 0. The number of morpholine rings is 1. The lowest BCUT2D eigenvalue weighted by Gasteiger charge is -2.28. The summed E-state index contributed by atoms with van der Waals surface area (Å²) in [7, 11) is -3.72. The number of nitrogens with zero attached hydrogens (tertiary/aromatic N) is 4. The lowest BCUT2D eigenvalue weighted by molar-refractivity contribution is 0.0730. The van der Waals surface area contributed by atoms with Crippen LogP contribution < -0.4 is 10.2 Å². The molecule has 34 heavy (non-hydrogen) atoms. The van der Waals surface area contributed by atoms with Crippen molar-refractivity contribution >= 4 is 27.3 Å². The Morgan fingerprint density at radius 1 is 1.15 bits per heavy atom. The number of nitrogens with one attached hydrogen (secondary N) is 1. The van der Waals surface area contributed by atoms with Crippen LogP contribution in [0, 0.1) is 0 Å². The van der Waals surface area contributed by atoms with Crippen LogP contribution in [-0.2, 0) is 21.3 Å². The van der Waals surface area contributed by atoms with Gasteiger partial charge in [-0.2, -0.15) is 9.40 Å². The molecule has 1 aliphatic rings. The molecule has 182 valence electrons. The van der Waals surface area contributed by atoms with Gasteiger partial charge in [0, 0.05) is 38.6 Å². The van der Waals surface area contributed by atoms with Gasteiger partial charge in [0.2, 0.25) is 10.0 Å². The van der Waals surface area contributed by atoms with Gasteiger partial charge in [-0.1, -0.05) is 0 Å². The van der Waals surface area contributed by atoms with E-state index in [1.165, 1.54) is 10.4 Å². The number of benzene rings is 1. The molecule has 0 saturated carbocycles. The van der Waals surface area contributed by atoms with Crippen LogP contribution in [0.25, 0.3) is 0 Å². The number of ether oxygens (including phenoxy) is 1. The zero-order valence-electron chi connectivity index (χ0n) is 19.3. The van der Waals surface area contributed by atoms with Crippen LogP contribution in [0.5, 0.6) is 0 Å². The van der Waals surface area contributed by atoms with Crippen molar-refractivity contribution in [2.45, 2.75) is 25.3 Å². The first-order chi connectivity index (χ1) is 16.4. The third-order valence-electron chi connectivity index (χ3n) is 5.69. The highest BCUT2D eigenvalue weighted by atomic mass is 32.2. The van der Waals surface area contributed by atoms with Crippen molar-refractivity contribution in [3.63, 3.8) is 0 Å². The molecule has 4 rings (SSSR count). The molecule has 10 nitrogen and oxygen atoms in total. The van der Waals surface area contributed by atoms with E-state index in [1.54, 1.807) is 41.3 Å². The van der Waals surface area contributed by atoms with E-state index in [0.29, 0.717) is 57.4 Å². The number of hydrogen-bond acceptors (Lipinski definition) is 7. The highest BCUT2D eigenvalue weighted by Crippen LogP contribution is 2.31. The van der Waals surface area contributed by atoms with E-state index in [0.717, 1.165) is 5.69 Å². The number of furan rings is 1. The summed E-state index contributed by atoms with van der Waals surface area (Å²) in [5.74, 6) is 0.261. The molecule has 3 heterocycles. The lowest BCUT2D eigenvalue weighted by Crippen LogP contribution is -2.40. The predicted molar refractivity (Wildman–Crippen MR) is 128 cm³/mol. The van der Waals surface area contributed by atoms with Crippen LogP contribution in [0.15, 0.2) is 58.1 Å². The standard InChI is InChI=1S/C23H29N5O5S/c1-3-26(4-2)21-8-7-19(34(30,31)28-12-14-32-15-13-28)16-20(21)25-23(29)22-9-6-18(33-22)17-27-11-5-10-24-27/h5-11,16H,3-4,12-15,17H2,1-2H3,(H,25,29).